The third-order valence-electron chi connectivity index (χ3n) is 2.81. The molecule has 1 aliphatic carbocycles. The summed E-state index contributed by atoms with van der Waals surface area (Å²) in [5.74, 6) is 0.322. The van der Waals surface area contributed by atoms with Gasteiger partial charge in [-0.3, -0.25) is 0 Å². The number of methoxy groups -OCH3 is 1. The average Bonchev–Trinajstić information content (AvgIpc) is 2.88. The Morgan fingerprint density at radius 1 is 1.43 bits per heavy atom. The number of halogens is 1. The van der Waals surface area contributed by atoms with E-state index in [-0.39, 0.29) is 5.82 Å². The summed E-state index contributed by atoms with van der Waals surface area (Å²) in [5.41, 5.74) is 7.08. The van der Waals surface area contributed by atoms with Crippen LogP contribution >= 0.6 is 0 Å². The molecule has 1 saturated carbocycles. The van der Waals surface area contributed by atoms with Gasteiger partial charge in [-0.05, 0) is 31.4 Å². The molecular weight excluding hydrogens is 181 g/mol. The summed E-state index contributed by atoms with van der Waals surface area (Å²) < 4.78 is 18.6. The maximum absolute atomic E-state index is 13.6. The first-order valence-electron chi connectivity index (χ1n) is 4.70. The minimum absolute atomic E-state index is 0.257. The number of aryl methyl sites for hydroxylation is 1. The maximum Gasteiger partial charge on any atom is 0.131 e. The molecule has 14 heavy (non-hydrogen) atoms. The van der Waals surface area contributed by atoms with Crippen LogP contribution in [0, 0.1) is 12.7 Å². The van der Waals surface area contributed by atoms with Crippen LogP contribution < -0.4 is 10.5 Å². The molecule has 2 rings (SSSR count). The van der Waals surface area contributed by atoms with Gasteiger partial charge < -0.3 is 10.5 Å². The number of rotatable bonds is 2. The molecule has 3 heteroatoms. The Morgan fingerprint density at radius 3 is 2.57 bits per heavy atom. The molecule has 0 radical (unpaired) electrons. The van der Waals surface area contributed by atoms with Gasteiger partial charge in [-0.15, -0.1) is 0 Å². The summed E-state index contributed by atoms with van der Waals surface area (Å²) in [7, 11) is 1.54. The summed E-state index contributed by atoms with van der Waals surface area (Å²) >= 11 is 0. The first-order valence-corrected chi connectivity index (χ1v) is 4.70. The van der Waals surface area contributed by atoms with E-state index in [0.717, 1.165) is 18.4 Å². The van der Waals surface area contributed by atoms with Crippen LogP contribution in [-0.2, 0) is 5.54 Å². The summed E-state index contributed by atoms with van der Waals surface area (Å²) in [6, 6.07) is 3.21. The van der Waals surface area contributed by atoms with Gasteiger partial charge in [0.05, 0.1) is 7.11 Å². The van der Waals surface area contributed by atoms with Crippen molar-refractivity contribution in [3.8, 4) is 5.75 Å². The quantitative estimate of drug-likeness (QED) is 0.784. The predicted molar refractivity (Wildman–Crippen MR) is 52.8 cm³/mol. The van der Waals surface area contributed by atoms with Crippen LogP contribution in [0.4, 0.5) is 4.39 Å². The molecule has 1 aromatic rings. The largest absolute Gasteiger partial charge is 0.496 e. The van der Waals surface area contributed by atoms with Gasteiger partial charge in [0.15, 0.2) is 0 Å². The predicted octanol–water partition coefficient (Wildman–Crippen LogP) is 2.09. The molecule has 0 unspecified atom stereocenters. The first-order chi connectivity index (χ1) is 6.57. The molecule has 0 bridgehead atoms. The van der Waals surface area contributed by atoms with Crippen molar-refractivity contribution < 1.29 is 9.13 Å². The third-order valence-corrected chi connectivity index (χ3v) is 2.81. The van der Waals surface area contributed by atoms with E-state index in [4.69, 9.17) is 10.5 Å². The van der Waals surface area contributed by atoms with Gasteiger partial charge in [0.25, 0.3) is 0 Å². The van der Waals surface area contributed by atoms with E-state index < -0.39 is 5.54 Å². The minimum atomic E-state index is -0.416. The fraction of sp³-hybridized carbons (Fsp3) is 0.455. The molecule has 76 valence electrons. The highest BCUT2D eigenvalue weighted by atomic mass is 19.1. The number of hydrogen-bond donors (Lipinski definition) is 1. The van der Waals surface area contributed by atoms with Crippen LogP contribution in [0.25, 0.3) is 0 Å². The summed E-state index contributed by atoms with van der Waals surface area (Å²) in [6.07, 6.45) is 1.74. The van der Waals surface area contributed by atoms with E-state index in [9.17, 15) is 4.39 Å². The number of ether oxygens (including phenoxy) is 1. The lowest BCUT2D eigenvalue weighted by atomic mass is 10.0. The van der Waals surface area contributed by atoms with E-state index in [1.807, 2.05) is 6.92 Å². The van der Waals surface area contributed by atoms with Crippen molar-refractivity contribution in [2.45, 2.75) is 25.3 Å². The molecule has 1 fully saturated rings. The Labute approximate surface area is 82.9 Å². The molecule has 1 aliphatic rings. The van der Waals surface area contributed by atoms with Crippen LogP contribution in [0.1, 0.15) is 24.0 Å². The van der Waals surface area contributed by atoms with Gasteiger partial charge in [-0.2, -0.15) is 0 Å². The topological polar surface area (TPSA) is 35.2 Å². The van der Waals surface area contributed by atoms with Gasteiger partial charge in [0, 0.05) is 17.2 Å². The van der Waals surface area contributed by atoms with Crippen molar-refractivity contribution in [1.29, 1.82) is 0 Å². The standard InChI is InChI=1S/C11H14FNO/c1-7-5-8(11(13)3-4-11)9(12)6-10(7)14-2/h5-6H,3-4,13H2,1-2H3. The summed E-state index contributed by atoms with van der Waals surface area (Å²) in [4.78, 5) is 0. The molecule has 2 nitrogen and oxygen atoms in total. The van der Waals surface area contributed by atoms with E-state index in [2.05, 4.69) is 0 Å². The lowest BCUT2D eigenvalue weighted by molar-refractivity contribution is 0.406. The second kappa shape index (κ2) is 2.95. The first kappa shape index (κ1) is 9.46. The minimum Gasteiger partial charge on any atom is -0.496 e. The van der Waals surface area contributed by atoms with E-state index in [0.29, 0.717) is 11.3 Å². The number of nitrogens with two attached hydrogens (primary N) is 1. The Hall–Kier alpha value is -1.09. The fourth-order valence-corrected chi connectivity index (χ4v) is 1.67. The van der Waals surface area contributed by atoms with Crippen LogP contribution in [0.15, 0.2) is 12.1 Å². The summed E-state index contributed by atoms with van der Waals surface area (Å²) in [5, 5.41) is 0. The highest BCUT2D eigenvalue weighted by Crippen LogP contribution is 2.44. The molecular formula is C11H14FNO. The van der Waals surface area contributed by atoms with E-state index >= 15 is 0 Å². The van der Waals surface area contributed by atoms with Gasteiger partial charge in [0.1, 0.15) is 11.6 Å². The molecule has 0 spiro atoms. The fourth-order valence-electron chi connectivity index (χ4n) is 1.67. The Morgan fingerprint density at radius 2 is 2.07 bits per heavy atom. The van der Waals surface area contributed by atoms with Crippen molar-refractivity contribution in [3.05, 3.63) is 29.1 Å². The van der Waals surface area contributed by atoms with Crippen molar-refractivity contribution in [2.24, 2.45) is 5.73 Å². The average molecular weight is 195 g/mol. The lowest BCUT2D eigenvalue weighted by Gasteiger charge is -2.13. The summed E-state index contributed by atoms with van der Waals surface area (Å²) in [6.45, 7) is 1.90. The Balaban J connectivity index is 2.48. The zero-order valence-electron chi connectivity index (χ0n) is 8.43. The van der Waals surface area contributed by atoms with Crippen LogP contribution in [0.2, 0.25) is 0 Å². The van der Waals surface area contributed by atoms with E-state index in [1.165, 1.54) is 13.2 Å². The van der Waals surface area contributed by atoms with Gasteiger partial charge in [-0.1, -0.05) is 0 Å². The van der Waals surface area contributed by atoms with Gasteiger partial charge in [-0.25, -0.2) is 4.39 Å². The van der Waals surface area contributed by atoms with Gasteiger partial charge >= 0.3 is 0 Å². The van der Waals surface area contributed by atoms with Crippen LogP contribution in [-0.4, -0.2) is 7.11 Å². The SMILES string of the molecule is COc1cc(F)c(C2(N)CC2)cc1C. The molecule has 0 heterocycles. The second-order valence-electron chi connectivity index (χ2n) is 3.96. The van der Waals surface area contributed by atoms with Crippen LogP contribution in [0.5, 0.6) is 5.75 Å². The zero-order chi connectivity index (χ0) is 10.3. The highest BCUT2D eigenvalue weighted by Gasteiger charge is 2.42. The Kier molecular flexibility index (Phi) is 2.00. The molecule has 2 N–H and O–H groups in total. The van der Waals surface area contributed by atoms with Crippen molar-refractivity contribution in [2.75, 3.05) is 7.11 Å². The Bertz CT molecular complexity index is 372. The van der Waals surface area contributed by atoms with Gasteiger partial charge in [0.2, 0.25) is 0 Å². The molecule has 0 saturated heterocycles. The molecule has 1 aromatic carbocycles. The zero-order valence-corrected chi connectivity index (χ0v) is 8.43. The van der Waals surface area contributed by atoms with E-state index in [1.54, 1.807) is 6.07 Å². The number of benzene rings is 1. The molecule has 0 atom stereocenters. The molecule has 0 aliphatic heterocycles. The van der Waals surface area contributed by atoms with Crippen molar-refractivity contribution in [1.82, 2.24) is 0 Å². The monoisotopic (exact) mass is 195 g/mol. The molecule has 0 amide bonds. The normalized spacial score (nSPS) is 18.0. The molecule has 0 aromatic heterocycles. The maximum atomic E-state index is 13.6. The number of hydrogen-bond acceptors (Lipinski definition) is 2. The van der Waals surface area contributed by atoms with Crippen molar-refractivity contribution in [3.63, 3.8) is 0 Å². The third kappa shape index (κ3) is 1.38. The van der Waals surface area contributed by atoms with Crippen molar-refractivity contribution >= 4 is 0 Å². The highest BCUT2D eigenvalue weighted by molar-refractivity contribution is 5.42. The second-order valence-corrected chi connectivity index (χ2v) is 3.96. The lowest BCUT2D eigenvalue weighted by Crippen LogP contribution is -2.20. The smallest absolute Gasteiger partial charge is 0.131 e. The van der Waals surface area contributed by atoms with Crippen LogP contribution in [0.3, 0.4) is 0 Å².